The number of anilines is 4. The highest BCUT2D eigenvalue weighted by Crippen LogP contribution is 2.35. The number of aliphatic hydroxyl groups excluding tert-OH is 4. The molecule has 0 saturated heterocycles. The Morgan fingerprint density at radius 3 is 1.49 bits per heavy atom. The molecule has 74 heavy (non-hydrogen) atoms. The number of primary amides is 2. The van der Waals surface area contributed by atoms with Crippen molar-refractivity contribution in [3.05, 3.63) is 131 Å². The molecule has 4 aromatic heterocycles. The van der Waals surface area contributed by atoms with Gasteiger partial charge in [0.25, 0.3) is 11.8 Å². The number of nitrogens with zero attached hydrogens (tertiary/aromatic N) is 4. The molecular formula is C54H64N12O8. The number of aromatic nitrogens is 6. The van der Waals surface area contributed by atoms with E-state index in [1.54, 1.807) is 31.2 Å². The summed E-state index contributed by atoms with van der Waals surface area (Å²) in [6.45, 7) is 9.86. The van der Waals surface area contributed by atoms with E-state index in [-0.39, 0.29) is 50.2 Å². The topological polar surface area (TPSA) is 317 Å². The van der Waals surface area contributed by atoms with Gasteiger partial charge in [0.1, 0.15) is 47.4 Å². The van der Waals surface area contributed by atoms with E-state index in [2.05, 4.69) is 65.0 Å². The molecule has 388 valence electrons. The van der Waals surface area contributed by atoms with Crippen LogP contribution in [0.3, 0.4) is 0 Å². The van der Waals surface area contributed by atoms with Crippen LogP contribution in [-0.4, -0.2) is 114 Å². The standard InChI is InChI=1S/2C27H32N6O4/c1-3-20-18(13-29-16(2)15-35)5-4-6-22(20)31-23-21(25(28)36)14-30-27-24(23)32-26(33-27)17-7-9-19(10-8-17)37-12-11-34;1-3-20-18(14-29-13-16(2)35)5-4-6-22(20)31-23-21(25(28)36)15-30-27-24(23)32-26(33-27)17-7-9-19(10-8-17)37-12-11-34/h4-10,14,16,29,34-35H,3,11-13,15H2,1-2H3,(H2,28,36)(H2,30,31,32,33);4-10,15-16,29,34-35H,3,11-14H2,1-2H3,(H2,28,36)(H2,30,31,32,33). The first-order valence-corrected chi connectivity index (χ1v) is 24.4. The van der Waals surface area contributed by atoms with Crippen molar-refractivity contribution in [1.29, 1.82) is 0 Å². The minimum absolute atomic E-state index is 0.0265. The molecule has 2 unspecified atom stereocenters. The lowest BCUT2D eigenvalue weighted by Gasteiger charge is -2.18. The predicted octanol–water partition coefficient (Wildman–Crippen LogP) is 5.74. The predicted molar refractivity (Wildman–Crippen MR) is 286 cm³/mol. The number of carbonyl (C=O) groups is 2. The lowest BCUT2D eigenvalue weighted by molar-refractivity contribution is 0.0992. The summed E-state index contributed by atoms with van der Waals surface area (Å²) < 4.78 is 10.9. The zero-order chi connectivity index (χ0) is 52.7. The van der Waals surface area contributed by atoms with Gasteiger partial charge in [-0.15, -0.1) is 0 Å². The van der Waals surface area contributed by atoms with Gasteiger partial charge in [0.15, 0.2) is 11.3 Å². The first-order valence-electron chi connectivity index (χ1n) is 24.4. The fraction of sp³-hybridized carbons (Fsp3) is 0.296. The van der Waals surface area contributed by atoms with Crippen LogP contribution in [0, 0.1) is 0 Å². The number of ether oxygens (including phenoxy) is 2. The van der Waals surface area contributed by atoms with Gasteiger partial charge in [-0.3, -0.25) is 9.59 Å². The molecule has 0 fully saturated rings. The van der Waals surface area contributed by atoms with Crippen LogP contribution in [0.25, 0.3) is 45.1 Å². The maximum absolute atomic E-state index is 12.3. The molecule has 0 aliphatic rings. The van der Waals surface area contributed by atoms with Crippen molar-refractivity contribution in [3.8, 4) is 34.3 Å². The molecule has 4 heterocycles. The number of amides is 2. The molecule has 4 aromatic carbocycles. The summed E-state index contributed by atoms with van der Waals surface area (Å²) in [4.78, 5) is 49.2. The number of pyridine rings is 2. The van der Waals surface area contributed by atoms with Crippen LogP contribution >= 0.6 is 0 Å². The van der Waals surface area contributed by atoms with Crippen molar-refractivity contribution in [1.82, 2.24) is 40.5 Å². The van der Waals surface area contributed by atoms with Gasteiger partial charge in [-0.2, -0.15) is 0 Å². The molecule has 2 atom stereocenters. The molecule has 2 amide bonds. The van der Waals surface area contributed by atoms with Crippen molar-refractivity contribution >= 4 is 56.9 Å². The SMILES string of the molecule is CCc1c(CNC(C)CO)cccc1Nc1c(C(N)=O)cnc2nc(-c3ccc(OCCO)cc3)[nH]c12.CCc1c(CNCC(C)O)cccc1Nc1c(C(N)=O)cnc2nc(-c3ccc(OCCO)cc3)[nH]c12. The van der Waals surface area contributed by atoms with Crippen molar-refractivity contribution in [2.75, 3.05) is 50.2 Å². The average Bonchev–Trinajstić information content (AvgIpc) is 4.05. The molecule has 20 nitrogen and oxygen atoms in total. The Labute approximate surface area is 428 Å². The number of benzene rings is 4. The molecular weight excluding hydrogens is 945 g/mol. The number of fused-ring (bicyclic) bond motifs is 2. The molecule has 0 saturated carbocycles. The van der Waals surface area contributed by atoms with Crippen LogP contribution in [-0.2, 0) is 25.9 Å². The van der Waals surface area contributed by atoms with Crippen LogP contribution in [0.15, 0.2) is 97.3 Å². The van der Waals surface area contributed by atoms with E-state index in [0.29, 0.717) is 76.5 Å². The van der Waals surface area contributed by atoms with Crippen molar-refractivity contribution in [2.24, 2.45) is 11.5 Å². The molecule has 0 bridgehead atoms. The van der Waals surface area contributed by atoms with Crippen molar-refractivity contribution in [2.45, 2.75) is 65.8 Å². The summed E-state index contributed by atoms with van der Waals surface area (Å²) in [5.74, 6) is 1.22. The number of hydrogen-bond acceptors (Lipinski definition) is 16. The number of nitrogens with one attached hydrogen (secondary N) is 6. The largest absolute Gasteiger partial charge is 0.491 e. The van der Waals surface area contributed by atoms with Crippen LogP contribution < -0.4 is 42.2 Å². The number of hydrogen-bond donors (Lipinski definition) is 12. The van der Waals surface area contributed by atoms with Crippen LogP contribution in [0.5, 0.6) is 11.5 Å². The second kappa shape index (κ2) is 25.6. The molecule has 0 aliphatic heterocycles. The maximum Gasteiger partial charge on any atom is 0.252 e. The monoisotopic (exact) mass is 1010 g/mol. The van der Waals surface area contributed by atoms with Gasteiger partial charge in [-0.1, -0.05) is 38.1 Å². The number of H-pyrrole nitrogens is 2. The normalized spacial score (nSPS) is 12.0. The van der Waals surface area contributed by atoms with Crippen molar-refractivity contribution < 1.29 is 39.5 Å². The summed E-state index contributed by atoms with van der Waals surface area (Å²) in [6, 6.07) is 26.5. The molecule has 8 aromatic rings. The lowest BCUT2D eigenvalue weighted by Crippen LogP contribution is -2.29. The number of nitrogens with two attached hydrogens (primary N) is 2. The fourth-order valence-electron chi connectivity index (χ4n) is 8.27. The van der Waals surface area contributed by atoms with Crippen LogP contribution in [0.4, 0.5) is 22.7 Å². The van der Waals surface area contributed by atoms with Crippen molar-refractivity contribution in [3.63, 3.8) is 0 Å². The number of aliphatic hydroxyl groups is 4. The summed E-state index contributed by atoms with van der Waals surface area (Å²) in [7, 11) is 0. The van der Waals surface area contributed by atoms with E-state index in [4.69, 9.17) is 31.2 Å². The molecule has 8 rings (SSSR count). The summed E-state index contributed by atoms with van der Waals surface area (Å²) >= 11 is 0. The fourth-order valence-corrected chi connectivity index (χ4v) is 8.27. The summed E-state index contributed by atoms with van der Waals surface area (Å²) in [5.41, 5.74) is 22.6. The Morgan fingerprint density at radius 1 is 0.649 bits per heavy atom. The number of imidazole rings is 2. The quantitative estimate of drug-likeness (QED) is 0.0343. The molecule has 0 spiro atoms. The highest BCUT2D eigenvalue weighted by atomic mass is 16.5. The third-order valence-electron chi connectivity index (χ3n) is 12.0. The Morgan fingerprint density at radius 2 is 1.09 bits per heavy atom. The maximum atomic E-state index is 12.3. The lowest BCUT2D eigenvalue weighted by atomic mass is 10.0. The van der Waals surface area contributed by atoms with Gasteiger partial charge in [0, 0.05) is 60.6 Å². The zero-order valence-corrected chi connectivity index (χ0v) is 41.8. The van der Waals surface area contributed by atoms with Crippen LogP contribution in [0.2, 0.25) is 0 Å². The van der Waals surface area contributed by atoms with E-state index in [9.17, 15) is 19.8 Å². The van der Waals surface area contributed by atoms with E-state index in [0.717, 1.165) is 57.6 Å². The third kappa shape index (κ3) is 13.2. The van der Waals surface area contributed by atoms with E-state index in [1.165, 1.54) is 12.4 Å². The Balaban J connectivity index is 0.000000216. The summed E-state index contributed by atoms with van der Waals surface area (Å²) in [6.07, 6.45) is 3.95. The Hall–Kier alpha value is -7.98. The molecule has 0 aliphatic carbocycles. The second-order valence-electron chi connectivity index (χ2n) is 17.4. The van der Waals surface area contributed by atoms with Gasteiger partial charge in [0.05, 0.1) is 48.4 Å². The Kier molecular flexibility index (Phi) is 18.6. The highest BCUT2D eigenvalue weighted by Gasteiger charge is 2.21. The van der Waals surface area contributed by atoms with Gasteiger partial charge in [-0.05, 0) is 110 Å². The minimum Gasteiger partial charge on any atom is -0.491 e. The number of carbonyl (C=O) groups excluding carboxylic acids is 2. The first-order chi connectivity index (χ1) is 35.8. The summed E-state index contributed by atoms with van der Waals surface area (Å²) in [5, 5.41) is 50.2. The van der Waals surface area contributed by atoms with Gasteiger partial charge >= 0.3 is 0 Å². The van der Waals surface area contributed by atoms with E-state index >= 15 is 0 Å². The van der Waals surface area contributed by atoms with E-state index in [1.807, 2.05) is 67.6 Å². The smallest absolute Gasteiger partial charge is 0.252 e. The minimum atomic E-state index is -0.605. The van der Waals surface area contributed by atoms with Gasteiger partial charge in [-0.25, -0.2) is 19.9 Å². The third-order valence-corrected chi connectivity index (χ3v) is 12.0. The van der Waals surface area contributed by atoms with E-state index < -0.39 is 17.9 Å². The first kappa shape index (κ1) is 53.8. The van der Waals surface area contributed by atoms with Crippen LogP contribution in [0.1, 0.15) is 70.7 Å². The highest BCUT2D eigenvalue weighted by molar-refractivity contribution is 6.07. The molecule has 14 N–H and O–H groups in total. The second-order valence-corrected chi connectivity index (χ2v) is 17.4. The molecule has 20 heteroatoms. The zero-order valence-electron chi connectivity index (χ0n) is 41.8. The molecule has 0 radical (unpaired) electrons. The average molecular weight is 1010 g/mol. The number of rotatable bonds is 24. The Bertz CT molecular complexity index is 3160. The van der Waals surface area contributed by atoms with Gasteiger partial charge < -0.3 is 72.6 Å². The number of aromatic amines is 2. The van der Waals surface area contributed by atoms with Gasteiger partial charge in [0.2, 0.25) is 0 Å².